The van der Waals surface area contributed by atoms with Crippen molar-refractivity contribution in [1.82, 2.24) is 9.88 Å². The third-order valence-corrected chi connectivity index (χ3v) is 6.43. The van der Waals surface area contributed by atoms with E-state index < -0.39 is 0 Å². The van der Waals surface area contributed by atoms with Gasteiger partial charge in [-0.25, -0.2) is 0 Å². The molecular weight excluding hydrogens is 414 g/mol. The van der Waals surface area contributed by atoms with E-state index in [1.807, 2.05) is 42.2 Å². The number of pyridine rings is 1. The van der Waals surface area contributed by atoms with E-state index in [9.17, 15) is 0 Å². The van der Waals surface area contributed by atoms with Crippen molar-refractivity contribution in [2.45, 2.75) is 24.3 Å². The molecule has 136 valence electrons. The molecule has 0 bridgehead atoms. The molecule has 0 radical (unpaired) electrons. The molecule has 2 aromatic rings. The SMILES string of the molecule is COc1cc(OC)c([C@@H]2[C@@H](c3ccccn3)N=C3S[C@H](C)CN32)cc1Br. The Morgan fingerprint density at radius 2 is 2.00 bits per heavy atom. The van der Waals surface area contributed by atoms with Gasteiger partial charge in [0, 0.05) is 29.6 Å². The Morgan fingerprint density at radius 3 is 2.69 bits per heavy atom. The summed E-state index contributed by atoms with van der Waals surface area (Å²) < 4.78 is 12.1. The summed E-state index contributed by atoms with van der Waals surface area (Å²) in [5.74, 6) is 1.56. The van der Waals surface area contributed by atoms with Gasteiger partial charge in [0.25, 0.3) is 0 Å². The molecule has 5 nitrogen and oxygen atoms in total. The predicted octanol–water partition coefficient (Wildman–Crippen LogP) is 4.45. The summed E-state index contributed by atoms with van der Waals surface area (Å²) in [6.07, 6.45) is 1.83. The van der Waals surface area contributed by atoms with Crippen LogP contribution in [0.15, 0.2) is 46.0 Å². The number of aliphatic imine (C=N–C) groups is 1. The van der Waals surface area contributed by atoms with Crippen molar-refractivity contribution in [3.8, 4) is 11.5 Å². The summed E-state index contributed by atoms with van der Waals surface area (Å²) in [6, 6.07) is 10.0. The van der Waals surface area contributed by atoms with Gasteiger partial charge in [-0.05, 0) is 34.1 Å². The van der Waals surface area contributed by atoms with Gasteiger partial charge < -0.3 is 14.4 Å². The Labute approximate surface area is 165 Å². The van der Waals surface area contributed by atoms with E-state index in [-0.39, 0.29) is 12.1 Å². The normalized spacial score (nSPS) is 24.4. The highest BCUT2D eigenvalue weighted by Crippen LogP contribution is 2.50. The number of nitrogens with zero attached hydrogens (tertiary/aromatic N) is 3. The van der Waals surface area contributed by atoms with Crippen molar-refractivity contribution in [2.24, 2.45) is 4.99 Å². The molecule has 3 heterocycles. The number of hydrogen-bond acceptors (Lipinski definition) is 6. The average molecular weight is 434 g/mol. The maximum atomic E-state index is 5.71. The Balaban J connectivity index is 1.83. The van der Waals surface area contributed by atoms with Gasteiger partial charge in [-0.1, -0.05) is 24.8 Å². The number of aromatic nitrogens is 1. The Bertz CT molecular complexity index is 846. The van der Waals surface area contributed by atoms with Crippen LogP contribution in [0.4, 0.5) is 0 Å². The van der Waals surface area contributed by atoms with Crippen LogP contribution in [0.5, 0.6) is 11.5 Å². The Hall–Kier alpha value is -1.73. The second-order valence-electron chi connectivity index (χ2n) is 6.37. The lowest BCUT2D eigenvalue weighted by Crippen LogP contribution is -2.29. The van der Waals surface area contributed by atoms with Crippen LogP contribution < -0.4 is 9.47 Å². The highest BCUT2D eigenvalue weighted by atomic mass is 79.9. The molecule has 3 atom stereocenters. The number of thioether (sulfide) groups is 1. The van der Waals surface area contributed by atoms with Crippen molar-refractivity contribution < 1.29 is 9.47 Å². The summed E-state index contributed by atoms with van der Waals surface area (Å²) in [5.41, 5.74) is 2.06. The molecule has 0 amide bonds. The molecule has 0 aliphatic carbocycles. The van der Waals surface area contributed by atoms with Crippen LogP contribution in [0.3, 0.4) is 0 Å². The monoisotopic (exact) mass is 433 g/mol. The van der Waals surface area contributed by atoms with Crippen molar-refractivity contribution in [2.75, 3.05) is 20.8 Å². The molecule has 2 aliphatic heterocycles. The van der Waals surface area contributed by atoms with Gasteiger partial charge in [-0.3, -0.25) is 9.98 Å². The first-order chi connectivity index (χ1) is 12.6. The minimum Gasteiger partial charge on any atom is -0.496 e. The number of fused-ring (bicyclic) bond motifs is 1. The van der Waals surface area contributed by atoms with Gasteiger partial charge in [0.2, 0.25) is 0 Å². The first-order valence-corrected chi connectivity index (χ1v) is 10.1. The van der Waals surface area contributed by atoms with Crippen LogP contribution in [0.1, 0.15) is 30.3 Å². The number of benzene rings is 1. The third kappa shape index (κ3) is 2.97. The summed E-state index contributed by atoms with van der Waals surface area (Å²) in [4.78, 5) is 12.0. The molecule has 1 fully saturated rings. The smallest absolute Gasteiger partial charge is 0.160 e. The number of methoxy groups -OCH3 is 2. The van der Waals surface area contributed by atoms with Gasteiger partial charge in [0.05, 0.1) is 30.4 Å². The topological polar surface area (TPSA) is 47.0 Å². The van der Waals surface area contributed by atoms with E-state index in [1.54, 1.807) is 14.2 Å². The molecule has 1 aromatic heterocycles. The second kappa shape index (κ2) is 7.12. The second-order valence-corrected chi connectivity index (χ2v) is 8.63. The van der Waals surface area contributed by atoms with E-state index in [4.69, 9.17) is 14.5 Å². The summed E-state index contributed by atoms with van der Waals surface area (Å²) in [6.45, 7) is 3.20. The van der Waals surface area contributed by atoms with E-state index in [1.165, 1.54) is 0 Å². The first kappa shape index (κ1) is 17.7. The van der Waals surface area contributed by atoms with E-state index in [2.05, 4.69) is 38.8 Å². The zero-order valence-electron chi connectivity index (χ0n) is 14.8. The van der Waals surface area contributed by atoms with E-state index >= 15 is 0 Å². The largest absolute Gasteiger partial charge is 0.496 e. The quantitative estimate of drug-likeness (QED) is 0.712. The summed E-state index contributed by atoms with van der Waals surface area (Å²) in [5, 5.41) is 1.61. The van der Waals surface area contributed by atoms with Crippen molar-refractivity contribution in [3.05, 3.63) is 52.3 Å². The molecule has 26 heavy (non-hydrogen) atoms. The fourth-order valence-corrected chi connectivity index (χ4v) is 5.18. The minimum absolute atomic E-state index is 0.0505. The highest BCUT2D eigenvalue weighted by Gasteiger charge is 2.44. The maximum absolute atomic E-state index is 5.71. The molecule has 0 unspecified atom stereocenters. The maximum Gasteiger partial charge on any atom is 0.160 e. The lowest BCUT2D eigenvalue weighted by molar-refractivity contribution is 0.306. The number of amidine groups is 1. The fourth-order valence-electron chi connectivity index (χ4n) is 3.57. The van der Waals surface area contributed by atoms with Gasteiger partial charge in [0.15, 0.2) is 5.17 Å². The molecule has 0 spiro atoms. The number of halogens is 1. The van der Waals surface area contributed by atoms with Crippen molar-refractivity contribution >= 4 is 32.9 Å². The zero-order valence-corrected chi connectivity index (χ0v) is 17.3. The first-order valence-electron chi connectivity index (χ1n) is 8.45. The van der Waals surface area contributed by atoms with Crippen LogP contribution >= 0.6 is 27.7 Å². The molecule has 0 saturated carbocycles. The molecule has 7 heteroatoms. The molecule has 1 saturated heterocycles. The van der Waals surface area contributed by atoms with Crippen LogP contribution in [0, 0.1) is 0 Å². The fraction of sp³-hybridized carbons (Fsp3) is 0.368. The van der Waals surface area contributed by atoms with Crippen LogP contribution in [-0.2, 0) is 0 Å². The van der Waals surface area contributed by atoms with E-state index in [0.29, 0.717) is 5.25 Å². The minimum atomic E-state index is -0.0552. The summed E-state index contributed by atoms with van der Waals surface area (Å²) >= 11 is 5.45. The predicted molar refractivity (Wildman–Crippen MR) is 108 cm³/mol. The Kier molecular flexibility index (Phi) is 4.84. The zero-order chi connectivity index (χ0) is 18.3. The number of hydrogen-bond donors (Lipinski definition) is 0. The standard InChI is InChI=1S/C19H20BrN3O2S/c1-11-10-23-18(12-8-13(20)16(25-3)9-15(12)24-2)17(22-19(23)26-11)14-6-4-5-7-21-14/h4-9,11,17-18H,10H2,1-3H3/t11-,17-,18-/m1/s1. The lowest BCUT2D eigenvalue weighted by atomic mass is 9.95. The lowest BCUT2D eigenvalue weighted by Gasteiger charge is -2.29. The molecular formula is C19H20BrN3O2S. The van der Waals surface area contributed by atoms with Crippen molar-refractivity contribution in [3.63, 3.8) is 0 Å². The van der Waals surface area contributed by atoms with Gasteiger partial charge >= 0.3 is 0 Å². The molecule has 2 aliphatic rings. The molecule has 1 aromatic carbocycles. The van der Waals surface area contributed by atoms with Gasteiger partial charge in [-0.15, -0.1) is 0 Å². The van der Waals surface area contributed by atoms with Crippen LogP contribution in [-0.4, -0.2) is 41.1 Å². The average Bonchev–Trinajstić information content (AvgIpc) is 3.18. The van der Waals surface area contributed by atoms with Crippen LogP contribution in [0.25, 0.3) is 0 Å². The summed E-state index contributed by atoms with van der Waals surface area (Å²) in [7, 11) is 3.35. The molecule has 0 N–H and O–H groups in total. The third-order valence-electron chi connectivity index (χ3n) is 4.70. The van der Waals surface area contributed by atoms with Crippen molar-refractivity contribution in [1.29, 1.82) is 0 Å². The molecule has 4 rings (SSSR count). The van der Waals surface area contributed by atoms with E-state index in [0.717, 1.165) is 38.9 Å². The highest BCUT2D eigenvalue weighted by molar-refractivity contribution is 9.10. The van der Waals surface area contributed by atoms with Crippen LogP contribution in [0.2, 0.25) is 0 Å². The Morgan fingerprint density at radius 1 is 1.19 bits per heavy atom. The number of rotatable bonds is 4. The van der Waals surface area contributed by atoms with Gasteiger partial charge in [0.1, 0.15) is 17.5 Å². The number of ether oxygens (including phenoxy) is 2. The van der Waals surface area contributed by atoms with Gasteiger partial charge in [-0.2, -0.15) is 0 Å².